The van der Waals surface area contributed by atoms with Crippen LogP contribution in [0.25, 0.3) is 0 Å². The second-order valence-electron chi connectivity index (χ2n) is 4.45. The topological polar surface area (TPSA) is 76.2 Å². The molecule has 1 fully saturated rings. The first-order valence-electron chi connectivity index (χ1n) is 6.34. The molecule has 0 aromatic carbocycles. The molecule has 2 rings (SSSR count). The summed E-state index contributed by atoms with van der Waals surface area (Å²) < 4.78 is 10.9. The molecule has 0 unspecified atom stereocenters. The Morgan fingerprint density at radius 3 is 3.11 bits per heavy atom. The van der Waals surface area contributed by atoms with E-state index in [1.54, 1.807) is 6.92 Å². The molecule has 2 N–H and O–H groups in total. The van der Waals surface area contributed by atoms with Gasteiger partial charge in [0.05, 0.1) is 23.4 Å². The van der Waals surface area contributed by atoms with Crippen molar-refractivity contribution in [1.82, 2.24) is 15.5 Å². The summed E-state index contributed by atoms with van der Waals surface area (Å²) in [5, 5.41) is 9.88. The quantitative estimate of drug-likeness (QED) is 0.875. The highest BCUT2D eigenvalue weighted by Gasteiger charge is 2.29. The third-order valence-electron chi connectivity index (χ3n) is 3.09. The number of halogens is 1. The number of aromatic nitrogens is 2. The standard InChI is InChI=1S/C12H18ClN3O3/c1-3-19-9-6-18-5-4-8(9)14-12(17)11-10(13)7(2)15-16-11/h8-9H,3-6H2,1-2H3,(H,14,17)(H,15,16)/t8-,9-/m1/s1. The van der Waals surface area contributed by atoms with Gasteiger partial charge in [-0.1, -0.05) is 11.6 Å². The monoisotopic (exact) mass is 287 g/mol. The maximum atomic E-state index is 12.1. The second-order valence-corrected chi connectivity index (χ2v) is 4.83. The first-order chi connectivity index (χ1) is 9.13. The van der Waals surface area contributed by atoms with Gasteiger partial charge in [-0.15, -0.1) is 0 Å². The van der Waals surface area contributed by atoms with E-state index in [1.165, 1.54) is 0 Å². The lowest BCUT2D eigenvalue weighted by molar-refractivity contribution is -0.0633. The van der Waals surface area contributed by atoms with E-state index in [0.717, 1.165) is 6.42 Å². The molecule has 106 valence electrons. The molecule has 19 heavy (non-hydrogen) atoms. The molecule has 0 aliphatic carbocycles. The van der Waals surface area contributed by atoms with Gasteiger partial charge in [0.25, 0.3) is 5.91 Å². The van der Waals surface area contributed by atoms with Crippen molar-refractivity contribution >= 4 is 17.5 Å². The SMILES string of the molecule is CCO[C@@H]1COCC[C@H]1NC(=O)c1n[nH]c(C)c1Cl. The number of ether oxygens (including phenoxy) is 2. The van der Waals surface area contributed by atoms with Crippen LogP contribution in [0.1, 0.15) is 29.5 Å². The maximum Gasteiger partial charge on any atom is 0.273 e. The van der Waals surface area contributed by atoms with Crippen molar-refractivity contribution in [2.75, 3.05) is 19.8 Å². The molecule has 1 aromatic rings. The Kier molecular flexibility index (Phi) is 4.79. The highest BCUT2D eigenvalue weighted by molar-refractivity contribution is 6.34. The summed E-state index contributed by atoms with van der Waals surface area (Å²) in [4.78, 5) is 12.1. The molecule has 1 aliphatic heterocycles. The highest BCUT2D eigenvalue weighted by Crippen LogP contribution is 2.18. The summed E-state index contributed by atoms with van der Waals surface area (Å²) in [5.41, 5.74) is 0.904. The lowest BCUT2D eigenvalue weighted by Crippen LogP contribution is -2.50. The number of nitrogens with zero attached hydrogens (tertiary/aromatic N) is 1. The van der Waals surface area contributed by atoms with Gasteiger partial charge in [0.15, 0.2) is 5.69 Å². The normalized spacial score (nSPS) is 23.3. The number of nitrogens with one attached hydrogen (secondary N) is 2. The summed E-state index contributed by atoms with van der Waals surface area (Å²) in [7, 11) is 0. The van der Waals surface area contributed by atoms with Gasteiger partial charge in [-0.3, -0.25) is 9.89 Å². The van der Waals surface area contributed by atoms with Gasteiger partial charge in [0, 0.05) is 13.2 Å². The van der Waals surface area contributed by atoms with Crippen molar-refractivity contribution in [2.45, 2.75) is 32.4 Å². The maximum absolute atomic E-state index is 12.1. The number of rotatable bonds is 4. The molecule has 7 heteroatoms. The molecule has 6 nitrogen and oxygen atoms in total. The zero-order valence-electron chi connectivity index (χ0n) is 11.0. The Morgan fingerprint density at radius 1 is 1.68 bits per heavy atom. The third-order valence-corrected chi connectivity index (χ3v) is 3.55. The van der Waals surface area contributed by atoms with E-state index in [-0.39, 0.29) is 23.7 Å². The van der Waals surface area contributed by atoms with Gasteiger partial charge >= 0.3 is 0 Å². The van der Waals surface area contributed by atoms with Crippen molar-refractivity contribution in [3.05, 3.63) is 16.4 Å². The summed E-state index contributed by atoms with van der Waals surface area (Å²) in [6, 6.07) is -0.0747. The summed E-state index contributed by atoms with van der Waals surface area (Å²) in [5.74, 6) is -0.286. The van der Waals surface area contributed by atoms with Gasteiger partial charge < -0.3 is 14.8 Å². The van der Waals surface area contributed by atoms with Crippen LogP contribution < -0.4 is 5.32 Å². The minimum absolute atomic E-state index is 0.0747. The van der Waals surface area contributed by atoms with E-state index in [2.05, 4.69) is 15.5 Å². The van der Waals surface area contributed by atoms with Gasteiger partial charge in [-0.2, -0.15) is 5.10 Å². The molecule has 0 spiro atoms. The van der Waals surface area contributed by atoms with Crippen LogP contribution in [0.15, 0.2) is 0 Å². The lowest BCUT2D eigenvalue weighted by atomic mass is 10.1. The molecule has 0 bridgehead atoms. The second kappa shape index (κ2) is 6.36. The average molecular weight is 288 g/mol. The number of aryl methyl sites for hydroxylation is 1. The third kappa shape index (κ3) is 3.26. The highest BCUT2D eigenvalue weighted by atomic mass is 35.5. The van der Waals surface area contributed by atoms with E-state index in [1.807, 2.05) is 6.92 Å². The molecule has 0 saturated carbocycles. The first-order valence-corrected chi connectivity index (χ1v) is 6.72. The molecule has 2 heterocycles. The Labute approximate surface area is 116 Å². The van der Waals surface area contributed by atoms with Crippen molar-refractivity contribution in [2.24, 2.45) is 0 Å². The van der Waals surface area contributed by atoms with Crippen LogP contribution in [0.3, 0.4) is 0 Å². The molecule has 0 radical (unpaired) electrons. The summed E-state index contributed by atoms with van der Waals surface area (Å²) in [6.45, 7) is 5.38. The van der Waals surface area contributed by atoms with Crippen LogP contribution in [0.2, 0.25) is 5.02 Å². The van der Waals surface area contributed by atoms with Crippen molar-refractivity contribution < 1.29 is 14.3 Å². The molecule has 2 atom stereocenters. The summed E-state index contributed by atoms with van der Waals surface area (Å²) in [6.07, 6.45) is 0.596. The predicted molar refractivity (Wildman–Crippen MR) is 70.4 cm³/mol. The number of carbonyl (C=O) groups is 1. The fourth-order valence-electron chi connectivity index (χ4n) is 2.06. The van der Waals surface area contributed by atoms with Gasteiger partial charge in [0.2, 0.25) is 0 Å². The predicted octanol–water partition coefficient (Wildman–Crippen LogP) is 1.30. The van der Waals surface area contributed by atoms with Crippen molar-refractivity contribution in [3.8, 4) is 0 Å². The lowest BCUT2D eigenvalue weighted by Gasteiger charge is -2.31. The first kappa shape index (κ1) is 14.3. The fourth-order valence-corrected chi connectivity index (χ4v) is 2.23. The Morgan fingerprint density at radius 2 is 2.47 bits per heavy atom. The Balaban J connectivity index is 2.02. The van der Waals surface area contributed by atoms with Crippen molar-refractivity contribution in [1.29, 1.82) is 0 Å². The van der Waals surface area contributed by atoms with E-state index in [4.69, 9.17) is 21.1 Å². The molecule has 1 amide bonds. The minimum atomic E-state index is -0.286. The number of hydrogen-bond donors (Lipinski definition) is 2. The zero-order chi connectivity index (χ0) is 13.8. The minimum Gasteiger partial charge on any atom is -0.379 e. The molecule has 1 saturated heterocycles. The van der Waals surface area contributed by atoms with E-state index in [9.17, 15) is 4.79 Å². The number of hydrogen-bond acceptors (Lipinski definition) is 4. The van der Waals surface area contributed by atoms with E-state index in [0.29, 0.717) is 30.5 Å². The van der Waals surface area contributed by atoms with Crippen LogP contribution in [0.4, 0.5) is 0 Å². The smallest absolute Gasteiger partial charge is 0.273 e. The zero-order valence-corrected chi connectivity index (χ0v) is 11.8. The molecule has 1 aromatic heterocycles. The summed E-state index contributed by atoms with van der Waals surface area (Å²) >= 11 is 6.01. The van der Waals surface area contributed by atoms with E-state index < -0.39 is 0 Å². The van der Waals surface area contributed by atoms with Gasteiger partial charge in [0.1, 0.15) is 6.10 Å². The fraction of sp³-hybridized carbons (Fsp3) is 0.667. The molecular weight excluding hydrogens is 270 g/mol. The van der Waals surface area contributed by atoms with Crippen LogP contribution >= 0.6 is 11.6 Å². The largest absolute Gasteiger partial charge is 0.379 e. The van der Waals surface area contributed by atoms with Crippen molar-refractivity contribution in [3.63, 3.8) is 0 Å². The van der Waals surface area contributed by atoms with Gasteiger partial charge in [-0.05, 0) is 20.3 Å². The number of aromatic amines is 1. The van der Waals surface area contributed by atoms with Crippen LogP contribution in [0.5, 0.6) is 0 Å². The van der Waals surface area contributed by atoms with Crippen LogP contribution in [-0.4, -0.2) is 48.1 Å². The van der Waals surface area contributed by atoms with Crippen LogP contribution in [0, 0.1) is 6.92 Å². The number of carbonyl (C=O) groups excluding carboxylic acids is 1. The number of amides is 1. The van der Waals surface area contributed by atoms with E-state index >= 15 is 0 Å². The Hall–Kier alpha value is -1.11. The molecular formula is C12H18ClN3O3. The molecule has 1 aliphatic rings. The van der Waals surface area contributed by atoms with Crippen LogP contribution in [-0.2, 0) is 9.47 Å². The Bertz CT molecular complexity index is 447. The average Bonchev–Trinajstić information content (AvgIpc) is 2.73. The number of H-pyrrole nitrogens is 1. The van der Waals surface area contributed by atoms with Gasteiger partial charge in [-0.25, -0.2) is 0 Å².